The highest BCUT2D eigenvalue weighted by Gasteiger charge is 2.25. The second-order valence-corrected chi connectivity index (χ2v) is 9.35. The maximum Gasteiger partial charge on any atom is 0.139 e. The Hall–Kier alpha value is -3.69. The summed E-state index contributed by atoms with van der Waals surface area (Å²) in [6, 6.07) is 15.1. The standard InChI is InChI=1S/C30H29F2N3/c31-26-11-7-24(8-12-26)23-5-3-21(4-6-23)20-22-15-18-35(19-16-22)30-29(28(33)2-1-17-34-30)25-9-13-27(32)14-10-25/h1,3-7,9-11,13-14,17,22H,8,12,15-16,18-20,33H2. The Labute approximate surface area is 205 Å². The first-order chi connectivity index (χ1) is 17.1. The molecule has 1 fully saturated rings. The Morgan fingerprint density at radius 2 is 1.63 bits per heavy atom. The average molecular weight is 470 g/mol. The van der Waals surface area contributed by atoms with E-state index in [4.69, 9.17) is 5.73 Å². The lowest BCUT2D eigenvalue weighted by Crippen LogP contribution is -2.34. The van der Waals surface area contributed by atoms with Gasteiger partial charge in [-0.15, -0.1) is 0 Å². The smallest absolute Gasteiger partial charge is 0.139 e. The summed E-state index contributed by atoms with van der Waals surface area (Å²) in [7, 11) is 0. The molecule has 0 aromatic heterocycles. The fourth-order valence-electron chi connectivity index (χ4n) is 5.02. The largest absolute Gasteiger partial charge is 0.392 e. The van der Waals surface area contributed by atoms with Crippen molar-refractivity contribution in [1.29, 1.82) is 0 Å². The topological polar surface area (TPSA) is 41.6 Å². The molecule has 0 atom stereocenters. The summed E-state index contributed by atoms with van der Waals surface area (Å²) < 4.78 is 26.8. The first kappa shape index (κ1) is 23.1. The Kier molecular flexibility index (Phi) is 6.78. The highest BCUT2D eigenvalue weighted by Crippen LogP contribution is 2.32. The third kappa shape index (κ3) is 5.36. The van der Waals surface area contributed by atoms with E-state index >= 15 is 0 Å². The Morgan fingerprint density at radius 1 is 0.914 bits per heavy atom. The number of benzene rings is 2. The van der Waals surface area contributed by atoms with Crippen LogP contribution in [0.3, 0.4) is 0 Å². The second-order valence-electron chi connectivity index (χ2n) is 9.35. The van der Waals surface area contributed by atoms with Gasteiger partial charge in [0.05, 0.1) is 11.3 Å². The molecule has 0 amide bonds. The molecule has 2 aromatic rings. The van der Waals surface area contributed by atoms with Gasteiger partial charge in [0.1, 0.15) is 17.5 Å². The van der Waals surface area contributed by atoms with Gasteiger partial charge in [0.25, 0.3) is 0 Å². The summed E-state index contributed by atoms with van der Waals surface area (Å²) in [4.78, 5) is 6.96. The highest BCUT2D eigenvalue weighted by atomic mass is 19.1. The van der Waals surface area contributed by atoms with E-state index in [0.29, 0.717) is 18.0 Å². The number of hydrogen-bond acceptors (Lipinski definition) is 3. The minimum atomic E-state index is -0.277. The molecule has 2 aliphatic heterocycles. The molecule has 0 saturated carbocycles. The van der Waals surface area contributed by atoms with Crippen LogP contribution in [-0.2, 0) is 6.42 Å². The van der Waals surface area contributed by atoms with Gasteiger partial charge in [-0.2, -0.15) is 0 Å². The molecule has 2 heterocycles. The lowest BCUT2D eigenvalue weighted by Gasteiger charge is -2.34. The van der Waals surface area contributed by atoms with Crippen molar-refractivity contribution >= 4 is 17.4 Å². The minimum absolute atomic E-state index is 0.0400. The molecule has 3 nitrogen and oxygen atoms in total. The monoisotopic (exact) mass is 469 g/mol. The SMILES string of the molecule is NC1=C=CC=NC(N2CCC(Cc3ccc(C4=CC=C(F)CC4)cc3)CC2)=C1c1ccc(F)cc1. The predicted octanol–water partition coefficient (Wildman–Crippen LogP) is 6.56. The van der Waals surface area contributed by atoms with Crippen LogP contribution in [0.1, 0.15) is 42.4 Å². The van der Waals surface area contributed by atoms with Crippen LogP contribution in [0, 0.1) is 11.7 Å². The number of nitrogens with two attached hydrogens (primary N) is 1. The zero-order chi connectivity index (χ0) is 24.2. The van der Waals surface area contributed by atoms with Gasteiger partial charge in [-0.05, 0) is 72.1 Å². The first-order valence-corrected chi connectivity index (χ1v) is 12.2. The third-order valence-corrected chi connectivity index (χ3v) is 7.00. The van der Waals surface area contributed by atoms with Crippen molar-refractivity contribution in [3.63, 3.8) is 0 Å². The van der Waals surface area contributed by atoms with Gasteiger partial charge in [-0.3, -0.25) is 0 Å². The molecular formula is C30H29F2N3. The number of allylic oxidation sites excluding steroid dienone is 5. The van der Waals surface area contributed by atoms with E-state index in [-0.39, 0.29) is 11.6 Å². The molecule has 5 heteroatoms. The summed E-state index contributed by atoms with van der Waals surface area (Å²) in [5, 5.41) is 0. The number of aliphatic imine (C=N–C) groups is 1. The van der Waals surface area contributed by atoms with Gasteiger partial charge >= 0.3 is 0 Å². The zero-order valence-corrected chi connectivity index (χ0v) is 19.7. The fourth-order valence-corrected chi connectivity index (χ4v) is 5.02. The summed E-state index contributed by atoms with van der Waals surface area (Å²) in [5.41, 5.74) is 15.3. The minimum Gasteiger partial charge on any atom is -0.392 e. The van der Waals surface area contributed by atoms with Gasteiger partial charge in [-0.25, -0.2) is 13.8 Å². The normalized spacial score (nSPS) is 18.8. The van der Waals surface area contributed by atoms with E-state index in [1.165, 1.54) is 28.8 Å². The number of hydrogen-bond donors (Lipinski definition) is 1. The fraction of sp³-hybridized carbons (Fsp3) is 0.267. The molecule has 35 heavy (non-hydrogen) atoms. The van der Waals surface area contributed by atoms with E-state index in [9.17, 15) is 8.78 Å². The molecule has 0 unspecified atom stereocenters. The summed E-state index contributed by atoms with van der Waals surface area (Å²) >= 11 is 0. The van der Waals surface area contributed by atoms with Crippen molar-refractivity contribution in [1.82, 2.24) is 4.90 Å². The van der Waals surface area contributed by atoms with Gasteiger partial charge in [0, 0.05) is 31.8 Å². The Morgan fingerprint density at radius 3 is 2.31 bits per heavy atom. The first-order valence-electron chi connectivity index (χ1n) is 12.2. The van der Waals surface area contributed by atoms with Gasteiger partial charge < -0.3 is 10.6 Å². The quantitative estimate of drug-likeness (QED) is 0.504. The van der Waals surface area contributed by atoms with Crippen LogP contribution >= 0.6 is 0 Å². The molecule has 0 radical (unpaired) electrons. The molecule has 1 saturated heterocycles. The van der Waals surface area contributed by atoms with Crippen molar-refractivity contribution < 1.29 is 8.78 Å². The maximum absolute atomic E-state index is 13.5. The third-order valence-electron chi connectivity index (χ3n) is 7.00. The number of likely N-dealkylation sites (tertiary alicyclic amines) is 1. The maximum atomic E-state index is 13.5. The van der Waals surface area contributed by atoms with Crippen molar-refractivity contribution in [3.05, 3.63) is 112 Å². The second kappa shape index (κ2) is 10.3. The van der Waals surface area contributed by atoms with Crippen LogP contribution in [0.2, 0.25) is 0 Å². The highest BCUT2D eigenvalue weighted by molar-refractivity contribution is 5.85. The van der Waals surface area contributed by atoms with Crippen molar-refractivity contribution in [3.8, 4) is 0 Å². The molecular weight excluding hydrogens is 440 g/mol. The van der Waals surface area contributed by atoms with Crippen molar-refractivity contribution in [2.75, 3.05) is 13.1 Å². The molecule has 2 aromatic carbocycles. The lowest BCUT2D eigenvalue weighted by atomic mass is 9.88. The average Bonchev–Trinajstić information content (AvgIpc) is 3.07. The van der Waals surface area contributed by atoms with E-state index in [1.54, 1.807) is 30.5 Å². The molecule has 5 rings (SSSR count). The van der Waals surface area contributed by atoms with Gasteiger partial charge in [0.15, 0.2) is 0 Å². The number of piperidine rings is 1. The molecule has 2 N–H and O–H groups in total. The van der Waals surface area contributed by atoms with Crippen molar-refractivity contribution in [2.45, 2.75) is 32.1 Å². The van der Waals surface area contributed by atoms with E-state index in [2.05, 4.69) is 39.9 Å². The van der Waals surface area contributed by atoms with Crippen LogP contribution in [0.4, 0.5) is 8.78 Å². The molecule has 1 aliphatic carbocycles. The molecule has 0 bridgehead atoms. The van der Waals surface area contributed by atoms with Crippen LogP contribution < -0.4 is 5.73 Å². The number of halogens is 2. The summed E-state index contributed by atoms with van der Waals surface area (Å²) in [6.07, 6.45) is 11.3. The van der Waals surface area contributed by atoms with Crippen LogP contribution in [0.5, 0.6) is 0 Å². The molecule has 178 valence electrons. The van der Waals surface area contributed by atoms with Crippen LogP contribution in [-0.4, -0.2) is 24.2 Å². The Balaban J connectivity index is 1.26. The van der Waals surface area contributed by atoms with Crippen molar-refractivity contribution in [2.24, 2.45) is 16.6 Å². The number of nitrogens with zero attached hydrogens (tertiary/aromatic N) is 2. The summed E-state index contributed by atoms with van der Waals surface area (Å²) in [5.74, 6) is 1.10. The summed E-state index contributed by atoms with van der Waals surface area (Å²) in [6.45, 7) is 1.77. The number of rotatable bonds is 5. The van der Waals surface area contributed by atoms with Gasteiger partial charge in [-0.1, -0.05) is 48.2 Å². The van der Waals surface area contributed by atoms with Crippen LogP contribution in [0.15, 0.2) is 94.8 Å². The molecule has 3 aliphatic rings. The molecule has 0 spiro atoms. The van der Waals surface area contributed by atoms with E-state index in [0.717, 1.165) is 55.7 Å². The zero-order valence-electron chi connectivity index (χ0n) is 19.7. The predicted molar refractivity (Wildman–Crippen MR) is 138 cm³/mol. The van der Waals surface area contributed by atoms with Crippen LogP contribution in [0.25, 0.3) is 11.1 Å². The lowest BCUT2D eigenvalue weighted by molar-refractivity contribution is 0.225. The van der Waals surface area contributed by atoms with E-state index in [1.807, 2.05) is 6.08 Å². The Bertz CT molecular complexity index is 1270. The van der Waals surface area contributed by atoms with E-state index < -0.39 is 0 Å². The van der Waals surface area contributed by atoms with Gasteiger partial charge in [0.2, 0.25) is 0 Å².